The summed E-state index contributed by atoms with van der Waals surface area (Å²) >= 11 is 0. The van der Waals surface area contributed by atoms with Crippen LogP contribution >= 0.6 is 0 Å². The van der Waals surface area contributed by atoms with Crippen LogP contribution in [0.15, 0.2) is 48.7 Å². The van der Waals surface area contributed by atoms with Crippen LogP contribution in [-0.2, 0) is 6.42 Å². The zero-order valence-corrected chi connectivity index (χ0v) is 15.7. The average Bonchev–Trinajstić information content (AvgIpc) is 3.33. The van der Waals surface area contributed by atoms with Gasteiger partial charge in [0.15, 0.2) is 11.5 Å². The van der Waals surface area contributed by atoms with Crippen LogP contribution in [-0.4, -0.2) is 50.4 Å². The van der Waals surface area contributed by atoms with E-state index in [1.54, 1.807) is 0 Å². The van der Waals surface area contributed by atoms with Crippen molar-refractivity contribution in [3.63, 3.8) is 0 Å². The third kappa shape index (κ3) is 3.96. The van der Waals surface area contributed by atoms with Crippen molar-refractivity contribution in [3.8, 4) is 5.75 Å². The topological polar surface area (TPSA) is 62.9 Å². The number of nitrogens with zero attached hydrogens (tertiary/aromatic N) is 4. The van der Waals surface area contributed by atoms with Crippen LogP contribution in [0.5, 0.6) is 5.75 Å². The Bertz CT molecular complexity index is 877. The van der Waals surface area contributed by atoms with E-state index in [4.69, 9.17) is 4.74 Å². The van der Waals surface area contributed by atoms with E-state index in [1.165, 1.54) is 5.56 Å². The Kier molecular flexibility index (Phi) is 5.36. The Balaban J connectivity index is 1.37. The molecule has 2 aromatic heterocycles. The normalized spacial score (nSPS) is 18.8. The minimum atomic E-state index is -0.546. The maximum atomic E-state index is 10.5. The minimum absolute atomic E-state index is 0.181. The van der Waals surface area contributed by atoms with Crippen LogP contribution in [0.4, 0.5) is 0 Å². The lowest BCUT2D eigenvalue weighted by atomic mass is 10.2. The summed E-state index contributed by atoms with van der Waals surface area (Å²) in [6.07, 6.45) is 4.59. The fourth-order valence-corrected chi connectivity index (χ4v) is 3.76. The SMILES string of the molecule is CCc1ccc(OC[C@H](O)CN2CCC[C@H]2c2nnc3ccccn23)cc1. The molecule has 3 heterocycles. The Morgan fingerprint density at radius 1 is 1.19 bits per heavy atom. The van der Waals surface area contributed by atoms with E-state index in [9.17, 15) is 5.11 Å². The van der Waals surface area contributed by atoms with Crippen molar-refractivity contribution in [2.24, 2.45) is 0 Å². The smallest absolute Gasteiger partial charge is 0.160 e. The summed E-state index contributed by atoms with van der Waals surface area (Å²) in [6.45, 7) is 3.94. The second-order valence-electron chi connectivity index (χ2n) is 7.10. The van der Waals surface area contributed by atoms with Crippen molar-refractivity contribution < 1.29 is 9.84 Å². The van der Waals surface area contributed by atoms with Crippen molar-refractivity contribution >= 4 is 5.65 Å². The molecule has 0 unspecified atom stereocenters. The molecule has 0 aliphatic carbocycles. The maximum absolute atomic E-state index is 10.5. The Hall–Kier alpha value is -2.44. The number of aliphatic hydroxyl groups excluding tert-OH is 1. The van der Waals surface area contributed by atoms with E-state index in [1.807, 2.05) is 40.9 Å². The highest BCUT2D eigenvalue weighted by molar-refractivity contribution is 5.37. The van der Waals surface area contributed by atoms with Crippen LogP contribution < -0.4 is 4.74 Å². The third-order valence-electron chi connectivity index (χ3n) is 5.22. The van der Waals surface area contributed by atoms with Gasteiger partial charge in [-0.05, 0) is 55.6 Å². The van der Waals surface area contributed by atoms with Gasteiger partial charge in [0, 0.05) is 12.7 Å². The van der Waals surface area contributed by atoms with Gasteiger partial charge in [-0.25, -0.2) is 0 Å². The molecule has 3 aromatic rings. The fraction of sp³-hybridized carbons (Fsp3) is 0.429. The molecule has 6 heteroatoms. The number of fused-ring (bicyclic) bond motifs is 1. The standard InChI is InChI=1S/C21H26N4O2/c1-2-16-8-10-18(11-9-16)27-15-17(26)14-24-12-5-6-19(24)21-23-22-20-7-3-4-13-25(20)21/h3-4,7-11,13,17,19,26H,2,5-6,12,14-15H2,1H3/t17-,19+/m1/s1. The van der Waals surface area contributed by atoms with Crippen molar-refractivity contribution in [3.05, 3.63) is 60.0 Å². The summed E-state index contributed by atoms with van der Waals surface area (Å²) in [7, 11) is 0. The third-order valence-corrected chi connectivity index (χ3v) is 5.22. The Morgan fingerprint density at radius 2 is 2.04 bits per heavy atom. The van der Waals surface area contributed by atoms with E-state index in [2.05, 4.69) is 34.2 Å². The van der Waals surface area contributed by atoms with Crippen LogP contribution in [0.2, 0.25) is 0 Å². The Labute approximate surface area is 159 Å². The molecule has 0 amide bonds. The van der Waals surface area contributed by atoms with E-state index in [0.29, 0.717) is 6.54 Å². The van der Waals surface area contributed by atoms with Gasteiger partial charge in [-0.1, -0.05) is 25.1 Å². The van der Waals surface area contributed by atoms with Crippen LogP contribution in [0.3, 0.4) is 0 Å². The van der Waals surface area contributed by atoms with Gasteiger partial charge in [0.1, 0.15) is 18.5 Å². The number of benzene rings is 1. The maximum Gasteiger partial charge on any atom is 0.160 e. The van der Waals surface area contributed by atoms with Gasteiger partial charge in [0.05, 0.1) is 6.04 Å². The van der Waals surface area contributed by atoms with Gasteiger partial charge in [0.2, 0.25) is 0 Å². The first-order valence-corrected chi connectivity index (χ1v) is 9.68. The van der Waals surface area contributed by atoms with Crippen molar-refractivity contribution in [1.29, 1.82) is 0 Å². The van der Waals surface area contributed by atoms with Crippen LogP contribution in [0, 0.1) is 0 Å². The van der Waals surface area contributed by atoms with Crippen molar-refractivity contribution in [2.45, 2.75) is 38.3 Å². The zero-order valence-electron chi connectivity index (χ0n) is 15.7. The van der Waals surface area contributed by atoms with Gasteiger partial charge in [0.25, 0.3) is 0 Å². The molecule has 4 rings (SSSR count). The van der Waals surface area contributed by atoms with E-state index >= 15 is 0 Å². The number of rotatable bonds is 7. The molecule has 1 fully saturated rings. The monoisotopic (exact) mass is 366 g/mol. The molecular weight excluding hydrogens is 340 g/mol. The largest absolute Gasteiger partial charge is 0.491 e. The lowest BCUT2D eigenvalue weighted by Gasteiger charge is -2.25. The first kappa shape index (κ1) is 17.9. The highest BCUT2D eigenvalue weighted by atomic mass is 16.5. The van der Waals surface area contributed by atoms with Gasteiger partial charge in [-0.3, -0.25) is 9.30 Å². The second-order valence-corrected chi connectivity index (χ2v) is 7.10. The summed E-state index contributed by atoms with van der Waals surface area (Å²) in [5, 5.41) is 19.2. The summed E-state index contributed by atoms with van der Waals surface area (Å²) < 4.78 is 7.81. The summed E-state index contributed by atoms with van der Waals surface area (Å²) in [6, 6.07) is 14.2. The summed E-state index contributed by atoms with van der Waals surface area (Å²) in [5.41, 5.74) is 2.14. The fourth-order valence-electron chi connectivity index (χ4n) is 3.76. The Morgan fingerprint density at radius 3 is 2.85 bits per heavy atom. The molecule has 0 bridgehead atoms. The van der Waals surface area contributed by atoms with Gasteiger partial charge in [-0.2, -0.15) is 0 Å². The molecular formula is C21H26N4O2. The molecule has 142 valence electrons. The number of hydrogen-bond acceptors (Lipinski definition) is 5. The number of ether oxygens (including phenoxy) is 1. The number of β-amino-alcohol motifs (C(OH)–C–C–N with tert-alkyl or cyclic N) is 1. The van der Waals surface area contributed by atoms with Gasteiger partial charge < -0.3 is 9.84 Å². The molecule has 6 nitrogen and oxygen atoms in total. The molecule has 2 atom stereocenters. The van der Waals surface area contributed by atoms with Gasteiger partial charge >= 0.3 is 0 Å². The molecule has 0 radical (unpaired) electrons. The van der Waals surface area contributed by atoms with Gasteiger partial charge in [-0.15, -0.1) is 10.2 Å². The number of hydrogen-bond donors (Lipinski definition) is 1. The summed E-state index contributed by atoms with van der Waals surface area (Å²) in [4.78, 5) is 2.29. The molecule has 0 spiro atoms. The quantitative estimate of drug-likeness (QED) is 0.697. The number of pyridine rings is 1. The number of likely N-dealkylation sites (tertiary alicyclic amines) is 1. The highest BCUT2D eigenvalue weighted by Gasteiger charge is 2.31. The molecule has 1 aromatic carbocycles. The van der Waals surface area contributed by atoms with E-state index in [0.717, 1.165) is 43.0 Å². The van der Waals surface area contributed by atoms with E-state index in [-0.39, 0.29) is 12.6 Å². The lowest BCUT2D eigenvalue weighted by Crippen LogP contribution is -2.35. The zero-order chi connectivity index (χ0) is 18.6. The number of aromatic nitrogens is 3. The lowest BCUT2D eigenvalue weighted by molar-refractivity contribution is 0.0625. The first-order chi connectivity index (χ1) is 13.2. The predicted molar refractivity (Wildman–Crippen MR) is 104 cm³/mol. The molecule has 0 saturated carbocycles. The predicted octanol–water partition coefficient (Wildman–Crippen LogP) is 2.87. The number of aliphatic hydroxyl groups is 1. The second kappa shape index (κ2) is 8.06. The molecule has 1 aliphatic rings. The van der Waals surface area contributed by atoms with Crippen LogP contribution in [0.25, 0.3) is 5.65 Å². The molecule has 27 heavy (non-hydrogen) atoms. The molecule has 1 aliphatic heterocycles. The molecule has 1 saturated heterocycles. The van der Waals surface area contributed by atoms with E-state index < -0.39 is 6.10 Å². The first-order valence-electron chi connectivity index (χ1n) is 9.68. The van der Waals surface area contributed by atoms with Crippen molar-refractivity contribution in [1.82, 2.24) is 19.5 Å². The van der Waals surface area contributed by atoms with Crippen molar-refractivity contribution in [2.75, 3.05) is 19.7 Å². The number of aryl methyl sites for hydroxylation is 1. The average molecular weight is 366 g/mol. The summed E-state index contributed by atoms with van der Waals surface area (Å²) in [5.74, 6) is 1.75. The molecule has 1 N–H and O–H groups in total. The minimum Gasteiger partial charge on any atom is -0.491 e. The van der Waals surface area contributed by atoms with Crippen LogP contribution in [0.1, 0.15) is 37.2 Å². The highest BCUT2D eigenvalue weighted by Crippen LogP contribution is 2.31.